The molecule has 10 nitrogen and oxygen atoms in total. The second-order valence-corrected chi connectivity index (χ2v) is 14.6. The molecule has 1 aliphatic carbocycles. The Morgan fingerprint density at radius 3 is 2.72 bits per heavy atom. The van der Waals surface area contributed by atoms with Crippen LogP contribution in [-0.4, -0.2) is 108 Å². The fourth-order valence-corrected chi connectivity index (χ4v) is 10.5. The first kappa shape index (κ1) is 28.3. The van der Waals surface area contributed by atoms with Crippen LogP contribution >= 0.6 is 23.5 Å². The van der Waals surface area contributed by atoms with E-state index in [2.05, 4.69) is 20.9 Å². The average Bonchev–Trinajstić information content (AvgIpc) is 3.58. The minimum atomic E-state index is -0.380. The Morgan fingerprint density at radius 1 is 1.10 bits per heavy atom. The van der Waals surface area contributed by atoms with Gasteiger partial charge < -0.3 is 41.8 Å². The van der Waals surface area contributed by atoms with E-state index in [1.165, 1.54) is 12.8 Å². The van der Waals surface area contributed by atoms with Crippen LogP contribution in [0.25, 0.3) is 0 Å². The molecule has 10 atom stereocenters. The molecule has 8 unspecified atom stereocenters. The molecular formula is C27H44N6O4S2. The van der Waals surface area contributed by atoms with Gasteiger partial charge in [0.25, 0.3) is 0 Å². The van der Waals surface area contributed by atoms with Gasteiger partial charge in [-0.1, -0.05) is 12.8 Å². The number of ketones is 1. The van der Waals surface area contributed by atoms with Crippen LogP contribution in [0.4, 0.5) is 0 Å². The van der Waals surface area contributed by atoms with E-state index in [1.807, 2.05) is 23.5 Å². The number of amides is 1. The normalized spacial score (nSPS) is 43.3. The number of nitrogens with two attached hydrogens (primary N) is 2. The number of fused-ring (bicyclic) bond motifs is 1. The maximum Gasteiger partial charge on any atom is 0.236 e. The van der Waals surface area contributed by atoms with Gasteiger partial charge in [0, 0.05) is 61.0 Å². The van der Waals surface area contributed by atoms with Gasteiger partial charge in [-0.05, 0) is 32.1 Å². The Balaban J connectivity index is 1.06. The van der Waals surface area contributed by atoms with Crippen LogP contribution in [0.2, 0.25) is 0 Å². The van der Waals surface area contributed by atoms with Crippen LogP contribution in [0.1, 0.15) is 44.9 Å². The zero-order valence-corrected chi connectivity index (χ0v) is 24.2. The van der Waals surface area contributed by atoms with Crippen molar-refractivity contribution in [1.82, 2.24) is 20.9 Å². The summed E-state index contributed by atoms with van der Waals surface area (Å²) in [5, 5.41) is 12.9. The highest BCUT2D eigenvalue weighted by Gasteiger charge is 2.50. The van der Waals surface area contributed by atoms with E-state index in [0.717, 1.165) is 56.8 Å². The number of hydrogen-bond acceptors (Lipinski definition) is 11. The monoisotopic (exact) mass is 580 g/mol. The number of carbonyl (C=O) groups excluding carboxylic acids is 2. The van der Waals surface area contributed by atoms with Gasteiger partial charge in [0.15, 0.2) is 5.78 Å². The highest BCUT2D eigenvalue weighted by atomic mass is 32.2. The van der Waals surface area contributed by atoms with Crippen LogP contribution in [0.15, 0.2) is 11.1 Å². The van der Waals surface area contributed by atoms with Crippen molar-refractivity contribution in [2.75, 3.05) is 39.5 Å². The van der Waals surface area contributed by atoms with Gasteiger partial charge in [-0.25, -0.2) is 0 Å². The highest BCUT2D eigenvalue weighted by Crippen LogP contribution is 2.48. The number of ether oxygens (including phenoxy) is 2. The topological polar surface area (TPSA) is 144 Å². The summed E-state index contributed by atoms with van der Waals surface area (Å²) in [6, 6.07) is 0.386. The minimum absolute atomic E-state index is 0.0288. The summed E-state index contributed by atoms with van der Waals surface area (Å²) in [6.07, 6.45) is 9.02. The highest BCUT2D eigenvalue weighted by molar-refractivity contribution is 8.04. The molecule has 0 aromatic rings. The molecular weight excluding hydrogens is 536 g/mol. The Labute approximate surface area is 239 Å². The smallest absolute Gasteiger partial charge is 0.236 e. The zero-order valence-electron chi connectivity index (χ0n) is 22.6. The average molecular weight is 581 g/mol. The fourth-order valence-electron chi connectivity index (χ4n) is 7.20. The van der Waals surface area contributed by atoms with Crippen LogP contribution in [0, 0.1) is 5.92 Å². The van der Waals surface area contributed by atoms with Crippen LogP contribution in [-0.2, 0) is 19.1 Å². The number of nitrogens with one attached hydrogen (secondary N) is 3. The van der Waals surface area contributed by atoms with Crippen molar-refractivity contribution in [3.8, 4) is 0 Å². The Bertz CT molecular complexity index is 936. The first-order valence-electron chi connectivity index (χ1n) is 14.8. The number of thioether (sulfide) groups is 2. The van der Waals surface area contributed by atoms with Gasteiger partial charge in [-0.15, -0.1) is 23.5 Å². The molecule has 5 fully saturated rings. The molecule has 7 N–H and O–H groups in total. The van der Waals surface area contributed by atoms with E-state index in [0.29, 0.717) is 37.0 Å². The summed E-state index contributed by atoms with van der Waals surface area (Å²) in [5.74, 6) is 0.129. The number of rotatable bonds is 7. The quantitative estimate of drug-likeness (QED) is 0.280. The fraction of sp³-hybridized carbons (Fsp3) is 0.852. The zero-order chi connectivity index (χ0) is 26.9. The van der Waals surface area contributed by atoms with Crippen molar-refractivity contribution in [3.05, 3.63) is 11.1 Å². The molecule has 5 heterocycles. The molecule has 6 aliphatic rings. The molecule has 6 rings (SSSR count). The summed E-state index contributed by atoms with van der Waals surface area (Å²) in [7, 11) is 0. The number of nitrogens with zero attached hydrogens (tertiary/aromatic N) is 1. The number of carbonyl (C=O) groups is 2. The van der Waals surface area contributed by atoms with Crippen molar-refractivity contribution >= 4 is 35.2 Å². The van der Waals surface area contributed by atoms with E-state index in [1.54, 1.807) is 6.08 Å². The largest absolute Gasteiger partial charge is 0.378 e. The van der Waals surface area contributed by atoms with Crippen LogP contribution < -0.4 is 27.4 Å². The lowest BCUT2D eigenvalue weighted by Gasteiger charge is -2.41. The Hall–Kier alpha value is -0.860. The molecule has 218 valence electrons. The molecule has 0 spiro atoms. The predicted molar refractivity (Wildman–Crippen MR) is 154 cm³/mol. The molecule has 0 radical (unpaired) electrons. The molecule has 0 bridgehead atoms. The lowest BCUT2D eigenvalue weighted by atomic mass is 9.88. The van der Waals surface area contributed by atoms with E-state index >= 15 is 0 Å². The summed E-state index contributed by atoms with van der Waals surface area (Å²) in [4.78, 5) is 27.6. The Kier molecular flexibility index (Phi) is 9.11. The first-order chi connectivity index (χ1) is 19.0. The molecule has 5 aliphatic heterocycles. The SMILES string of the molecule is NC(=O)C1NCC(N[C@H]2CCCC[C@H]2N)CC1NC1CCC(C2COC3C(=O)C=C(N4CCOCC4)SC32)S1. The maximum absolute atomic E-state index is 13.0. The van der Waals surface area contributed by atoms with Gasteiger partial charge in [0.2, 0.25) is 5.91 Å². The van der Waals surface area contributed by atoms with Crippen LogP contribution in [0.5, 0.6) is 0 Å². The summed E-state index contributed by atoms with van der Waals surface area (Å²) in [6.45, 7) is 4.43. The Morgan fingerprint density at radius 2 is 1.92 bits per heavy atom. The first-order valence-corrected chi connectivity index (χ1v) is 16.6. The second-order valence-electron chi connectivity index (χ2n) is 11.9. The van der Waals surface area contributed by atoms with E-state index in [-0.39, 0.29) is 52.6 Å². The molecule has 0 aromatic heterocycles. The molecule has 1 amide bonds. The van der Waals surface area contributed by atoms with Crippen molar-refractivity contribution in [2.24, 2.45) is 17.4 Å². The third kappa shape index (κ3) is 6.33. The lowest BCUT2D eigenvalue weighted by Crippen LogP contribution is -2.66. The van der Waals surface area contributed by atoms with Gasteiger partial charge in [-0.3, -0.25) is 9.59 Å². The van der Waals surface area contributed by atoms with Gasteiger partial charge in [-0.2, -0.15) is 0 Å². The van der Waals surface area contributed by atoms with Gasteiger partial charge in [0.1, 0.15) is 12.1 Å². The third-order valence-electron chi connectivity index (χ3n) is 9.34. The van der Waals surface area contributed by atoms with E-state index < -0.39 is 0 Å². The molecule has 4 saturated heterocycles. The summed E-state index contributed by atoms with van der Waals surface area (Å²) < 4.78 is 11.6. The third-order valence-corrected chi connectivity index (χ3v) is 12.5. The van der Waals surface area contributed by atoms with Crippen LogP contribution in [0.3, 0.4) is 0 Å². The number of primary amides is 1. The summed E-state index contributed by atoms with van der Waals surface area (Å²) in [5.41, 5.74) is 12.2. The maximum atomic E-state index is 13.0. The number of morpholine rings is 1. The predicted octanol–water partition coefficient (Wildman–Crippen LogP) is 0.115. The summed E-state index contributed by atoms with van der Waals surface area (Å²) >= 11 is 3.78. The number of hydrogen-bond donors (Lipinski definition) is 5. The van der Waals surface area contributed by atoms with Gasteiger partial charge >= 0.3 is 0 Å². The molecule has 0 aromatic carbocycles. The van der Waals surface area contributed by atoms with Crippen molar-refractivity contribution in [1.29, 1.82) is 0 Å². The van der Waals surface area contributed by atoms with Crippen molar-refractivity contribution < 1.29 is 19.1 Å². The van der Waals surface area contributed by atoms with Gasteiger partial charge in [0.05, 0.1) is 35.5 Å². The van der Waals surface area contributed by atoms with Crippen molar-refractivity contribution in [2.45, 2.75) is 97.1 Å². The molecule has 39 heavy (non-hydrogen) atoms. The number of piperidine rings is 1. The van der Waals surface area contributed by atoms with E-state index in [9.17, 15) is 9.59 Å². The molecule has 1 saturated carbocycles. The van der Waals surface area contributed by atoms with E-state index in [4.69, 9.17) is 20.9 Å². The van der Waals surface area contributed by atoms with Crippen molar-refractivity contribution in [3.63, 3.8) is 0 Å². The second kappa shape index (κ2) is 12.6. The molecule has 12 heteroatoms. The minimum Gasteiger partial charge on any atom is -0.378 e. The standard InChI is InChI=1S/C27H44N6O4S2/c28-17-3-1-2-4-18(17)31-15-11-19(24(27(29)35)30-13-15)32-22-6-5-21(38-22)16-14-37-25-20(34)12-23(39-26(16)25)33-7-9-36-10-8-33/h12,15-19,21-22,24-26,30-32H,1-11,13-14,28H2,(H2,29,35)/t15?,16?,17-,18+,19?,21?,22?,24?,25?,26?/m1/s1. The lowest BCUT2D eigenvalue weighted by molar-refractivity contribution is -0.123.